The van der Waals surface area contributed by atoms with Gasteiger partial charge in [0.25, 0.3) is 11.6 Å². The standard InChI is InChI=1S/C12H16F2N2O4/c1-2-3-20-11-5-9(4-10(6-11)16(18)19)15-7-12(13,14)8-17/h4-6,15,17H,2-3,7-8H2,1H3. The Labute approximate surface area is 114 Å². The molecule has 2 N–H and O–H groups in total. The highest BCUT2D eigenvalue weighted by Crippen LogP contribution is 2.27. The van der Waals surface area contributed by atoms with Crippen molar-refractivity contribution >= 4 is 11.4 Å². The van der Waals surface area contributed by atoms with Crippen LogP contribution in [0.1, 0.15) is 13.3 Å². The van der Waals surface area contributed by atoms with Crippen molar-refractivity contribution in [3.63, 3.8) is 0 Å². The molecule has 0 aliphatic heterocycles. The number of benzene rings is 1. The van der Waals surface area contributed by atoms with Gasteiger partial charge in [-0.2, -0.15) is 0 Å². The van der Waals surface area contributed by atoms with E-state index >= 15 is 0 Å². The van der Waals surface area contributed by atoms with Crippen LogP contribution in [0.25, 0.3) is 0 Å². The van der Waals surface area contributed by atoms with Crippen LogP contribution in [0.5, 0.6) is 5.75 Å². The Kier molecular flexibility index (Phi) is 5.63. The van der Waals surface area contributed by atoms with Gasteiger partial charge in [-0.05, 0) is 6.42 Å². The third kappa shape index (κ3) is 4.96. The number of hydrogen-bond acceptors (Lipinski definition) is 5. The van der Waals surface area contributed by atoms with Gasteiger partial charge in [0.15, 0.2) is 0 Å². The van der Waals surface area contributed by atoms with Crippen molar-refractivity contribution < 1.29 is 23.5 Å². The van der Waals surface area contributed by atoms with Crippen LogP contribution >= 0.6 is 0 Å². The number of nitro benzene ring substituents is 1. The predicted molar refractivity (Wildman–Crippen MR) is 69.4 cm³/mol. The second kappa shape index (κ2) is 6.99. The van der Waals surface area contributed by atoms with Crippen molar-refractivity contribution in [1.82, 2.24) is 0 Å². The van der Waals surface area contributed by atoms with Gasteiger partial charge in [-0.1, -0.05) is 6.92 Å². The Bertz CT molecular complexity index is 469. The SMILES string of the molecule is CCCOc1cc(NCC(F)(F)CO)cc([N+](=O)[O-])c1. The van der Waals surface area contributed by atoms with E-state index in [0.29, 0.717) is 13.0 Å². The minimum atomic E-state index is -3.30. The fraction of sp³-hybridized carbons (Fsp3) is 0.500. The third-order valence-corrected chi connectivity index (χ3v) is 2.36. The summed E-state index contributed by atoms with van der Waals surface area (Å²) in [6.07, 6.45) is 0.716. The molecule has 0 spiro atoms. The van der Waals surface area contributed by atoms with E-state index in [4.69, 9.17) is 9.84 Å². The third-order valence-electron chi connectivity index (χ3n) is 2.36. The second-order valence-corrected chi connectivity index (χ2v) is 4.19. The number of hydrogen-bond donors (Lipinski definition) is 2. The van der Waals surface area contributed by atoms with E-state index in [2.05, 4.69) is 5.32 Å². The molecule has 1 rings (SSSR count). The summed E-state index contributed by atoms with van der Waals surface area (Å²) >= 11 is 0. The summed E-state index contributed by atoms with van der Waals surface area (Å²) in [6, 6.07) is 3.76. The Morgan fingerprint density at radius 2 is 2.15 bits per heavy atom. The molecular weight excluding hydrogens is 274 g/mol. The van der Waals surface area contributed by atoms with Gasteiger partial charge in [-0.3, -0.25) is 10.1 Å². The summed E-state index contributed by atoms with van der Waals surface area (Å²) in [6.45, 7) is 0.123. The number of halogens is 2. The Balaban J connectivity index is 2.88. The first-order chi connectivity index (χ1) is 9.38. The average Bonchev–Trinajstić information content (AvgIpc) is 2.43. The summed E-state index contributed by atoms with van der Waals surface area (Å²) in [4.78, 5) is 10.1. The summed E-state index contributed by atoms with van der Waals surface area (Å²) in [5.74, 6) is -3.06. The molecule has 0 aromatic heterocycles. The highest BCUT2D eigenvalue weighted by atomic mass is 19.3. The number of nitrogens with one attached hydrogen (secondary N) is 1. The smallest absolute Gasteiger partial charge is 0.287 e. The molecule has 112 valence electrons. The summed E-state index contributed by atoms with van der Waals surface area (Å²) in [5, 5.41) is 21.6. The number of nitrogens with zero attached hydrogens (tertiary/aromatic N) is 1. The maximum Gasteiger partial charge on any atom is 0.287 e. The molecule has 0 amide bonds. The highest BCUT2D eigenvalue weighted by Gasteiger charge is 2.27. The van der Waals surface area contributed by atoms with E-state index < -0.39 is 24.0 Å². The van der Waals surface area contributed by atoms with Crippen molar-refractivity contribution in [3.8, 4) is 5.75 Å². The first kappa shape index (κ1) is 16.1. The molecule has 20 heavy (non-hydrogen) atoms. The largest absolute Gasteiger partial charge is 0.493 e. The first-order valence-electron chi connectivity index (χ1n) is 6.03. The van der Waals surface area contributed by atoms with Gasteiger partial charge in [-0.25, -0.2) is 8.78 Å². The molecule has 1 aromatic rings. The van der Waals surface area contributed by atoms with Crippen LogP contribution in [0.3, 0.4) is 0 Å². The van der Waals surface area contributed by atoms with Crippen LogP contribution < -0.4 is 10.1 Å². The molecule has 0 saturated carbocycles. The number of nitro groups is 1. The molecular formula is C12H16F2N2O4. The monoisotopic (exact) mass is 290 g/mol. The average molecular weight is 290 g/mol. The number of aliphatic hydroxyl groups is 1. The quantitative estimate of drug-likeness (QED) is 0.567. The highest BCUT2D eigenvalue weighted by molar-refractivity contribution is 5.56. The van der Waals surface area contributed by atoms with E-state index in [1.54, 1.807) is 0 Å². The molecule has 0 atom stereocenters. The minimum absolute atomic E-state index is 0.137. The van der Waals surface area contributed by atoms with E-state index in [-0.39, 0.29) is 17.1 Å². The topological polar surface area (TPSA) is 84.6 Å². The van der Waals surface area contributed by atoms with E-state index in [1.807, 2.05) is 6.92 Å². The van der Waals surface area contributed by atoms with E-state index in [9.17, 15) is 18.9 Å². The number of non-ortho nitro benzene ring substituents is 1. The molecule has 0 fully saturated rings. The zero-order valence-corrected chi connectivity index (χ0v) is 10.9. The van der Waals surface area contributed by atoms with Crippen LogP contribution in [0, 0.1) is 10.1 Å². The molecule has 0 bridgehead atoms. The Morgan fingerprint density at radius 3 is 2.70 bits per heavy atom. The van der Waals surface area contributed by atoms with Crippen molar-refractivity contribution in [2.75, 3.05) is 25.1 Å². The fourth-order valence-corrected chi connectivity index (χ4v) is 1.38. The Hall–Kier alpha value is -1.96. The molecule has 1 aromatic carbocycles. The predicted octanol–water partition coefficient (Wildman–Crippen LogP) is 2.42. The molecule has 0 saturated heterocycles. The number of rotatable bonds is 8. The van der Waals surface area contributed by atoms with Gasteiger partial charge in [0.1, 0.15) is 12.4 Å². The van der Waals surface area contributed by atoms with Crippen molar-refractivity contribution in [1.29, 1.82) is 0 Å². The van der Waals surface area contributed by atoms with Gasteiger partial charge in [0.05, 0.1) is 24.1 Å². The normalized spacial score (nSPS) is 11.2. The lowest BCUT2D eigenvalue weighted by molar-refractivity contribution is -0.384. The van der Waals surface area contributed by atoms with Crippen molar-refractivity contribution in [3.05, 3.63) is 28.3 Å². The minimum Gasteiger partial charge on any atom is -0.493 e. The maximum absolute atomic E-state index is 12.9. The molecule has 0 unspecified atom stereocenters. The van der Waals surface area contributed by atoms with Gasteiger partial charge in [0, 0.05) is 17.8 Å². The van der Waals surface area contributed by atoms with Crippen molar-refractivity contribution in [2.24, 2.45) is 0 Å². The molecule has 0 aliphatic rings. The second-order valence-electron chi connectivity index (χ2n) is 4.19. The van der Waals surface area contributed by atoms with E-state index in [0.717, 1.165) is 6.07 Å². The number of aliphatic hydroxyl groups excluding tert-OH is 1. The first-order valence-corrected chi connectivity index (χ1v) is 6.03. The lowest BCUT2D eigenvalue weighted by atomic mass is 10.2. The van der Waals surface area contributed by atoms with Crippen molar-refractivity contribution in [2.45, 2.75) is 19.3 Å². The van der Waals surface area contributed by atoms with E-state index in [1.165, 1.54) is 12.1 Å². The summed E-state index contributed by atoms with van der Waals surface area (Å²) < 4.78 is 31.1. The zero-order chi connectivity index (χ0) is 15.2. The molecule has 8 heteroatoms. The molecule has 6 nitrogen and oxygen atoms in total. The zero-order valence-electron chi connectivity index (χ0n) is 10.9. The van der Waals surface area contributed by atoms with Crippen LogP contribution in [0.2, 0.25) is 0 Å². The summed E-state index contributed by atoms with van der Waals surface area (Å²) in [7, 11) is 0. The molecule has 0 radical (unpaired) electrons. The summed E-state index contributed by atoms with van der Waals surface area (Å²) in [5.41, 5.74) is -0.119. The lowest BCUT2D eigenvalue weighted by Gasteiger charge is -2.15. The number of ether oxygens (including phenoxy) is 1. The maximum atomic E-state index is 12.9. The van der Waals surface area contributed by atoms with Gasteiger partial charge in [0.2, 0.25) is 0 Å². The lowest BCUT2D eigenvalue weighted by Crippen LogP contribution is -2.31. The van der Waals surface area contributed by atoms with Crippen LogP contribution in [-0.4, -0.2) is 35.7 Å². The van der Waals surface area contributed by atoms with Crippen LogP contribution in [0.4, 0.5) is 20.2 Å². The van der Waals surface area contributed by atoms with Gasteiger partial charge in [-0.15, -0.1) is 0 Å². The van der Waals surface area contributed by atoms with Gasteiger partial charge >= 0.3 is 0 Å². The van der Waals surface area contributed by atoms with Gasteiger partial charge < -0.3 is 15.2 Å². The Morgan fingerprint density at radius 1 is 1.45 bits per heavy atom. The van der Waals surface area contributed by atoms with Crippen LogP contribution in [0.15, 0.2) is 18.2 Å². The van der Waals surface area contributed by atoms with Crippen LogP contribution in [-0.2, 0) is 0 Å². The fourth-order valence-electron chi connectivity index (χ4n) is 1.38. The number of anilines is 1. The molecule has 0 aliphatic carbocycles. The molecule has 0 heterocycles. The number of alkyl halides is 2.